The Morgan fingerprint density at radius 3 is 2.56 bits per heavy atom. The number of hydrogen-bond donors (Lipinski definition) is 1. The van der Waals surface area contributed by atoms with Gasteiger partial charge in [0, 0.05) is 18.0 Å². The van der Waals surface area contributed by atoms with Crippen LogP contribution in [-0.4, -0.2) is 39.3 Å². The summed E-state index contributed by atoms with van der Waals surface area (Å²) in [7, 11) is 0. The molecule has 0 amide bonds. The second-order valence-corrected chi connectivity index (χ2v) is 5.85. The van der Waals surface area contributed by atoms with Gasteiger partial charge < -0.3 is 10.0 Å². The van der Waals surface area contributed by atoms with Crippen molar-refractivity contribution in [3.05, 3.63) is 0 Å². The number of Topliss-reactive ketones (excluding diaryl/α,β-unsaturated/α-hetero) is 1. The molecule has 0 aromatic heterocycles. The molecule has 0 bridgehead atoms. The summed E-state index contributed by atoms with van der Waals surface area (Å²) in [5.41, 5.74) is -0.465. The van der Waals surface area contributed by atoms with E-state index in [0.29, 0.717) is 11.5 Å². The highest BCUT2D eigenvalue weighted by molar-refractivity contribution is 7.82. The molecule has 1 aliphatic heterocycles. The Morgan fingerprint density at radius 2 is 2.06 bits per heavy atom. The first-order valence-electron chi connectivity index (χ1n) is 6.36. The largest absolute Gasteiger partial charge is 0.481 e. The highest BCUT2D eigenvalue weighted by atomic mass is 32.1. The smallest absolute Gasteiger partial charge is 0.305 e. The lowest BCUT2D eigenvalue weighted by Gasteiger charge is -2.30. The number of thiocarbonyl (C=S) groups is 1. The Kier molecular flexibility index (Phi) is 4.85. The van der Waals surface area contributed by atoms with Crippen LogP contribution in [0, 0.1) is 5.41 Å². The predicted octanol–water partition coefficient (Wildman–Crippen LogP) is 2.26. The number of rotatable bonds is 5. The van der Waals surface area contributed by atoms with Gasteiger partial charge in [0.2, 0.25) is 0 Å². The van der Waals surface area contributed by atoms with Crippen molar-refractivity contribution in [1.82, 2.24) is 4.90 Å². The second-order valence-electron chi connectivity index (χ2n) is 5.46. The Bertz CT molecular complexity index is 365. The summed E-state index contributed by atoms with van der Waals surface area (Å²) >= 11 is 5.26. The number of nitrogens with zero attached hydrogens (tertiary/aromatic N) is 1. The molecule has 1 N–H and O–H groups in total. The van der Waals surface area contributed by atoms with Gasteiger partial charge in [0.25, 0.3) is 0 Å². The Morgan fingerprint density at radius 1 is 1.44 bits per heavy atom. The van der Waals surface area contributed by atoms with Crippen molar-refractivity contribution in [3.63, 3.8) is 0 Å². The van der Waals surface area contributed by atoms with Crippen LogP contribution >= 0.6 is 12.2 Å². The number of likely N-dealkylation sites (tertiary alicyclic amines) is 1. The summed E-state index contributed by atoms with van der Waals surface area (Å²) in [6.45, 7) is 6.41. The van der Waals surface area contributed by atoms with Crippen LogP contribution in [0.1, 0.15) is 46.5 Å². The fraction of sp³-hybridized carbons (Fsp3) is 0.769. The Labute approximate surface area is 113 Å². The van der Waals surface area contributed by atoms with Gasteiger partial charge >= 0.3 is 5.97 Å². The number of carboxylic acid groups (broad SMARTS) is 1. The van der Waals surface area contributed by atoms with E-state index in [1.165, 1.54) is 0 Å². The molecule has 102 valence electrons. The lowest BCUT2D eigenvalue weighted by molar-refractivity contribution is -0.138. The molecule has 1 heterocycles. The zero-order valence-corrected chi connectivity index (χ0v) is 12.0. The number of hydrogen-bond acceptors (Lipinski definition) is 3. The number of carbonyl (C=O) groups is 2. The molecular formula is C13H21NO3S. The summed E-state index contributed by atoms with van der Waals surface area (Å²) in [4.78, 5) is 25.2. The fourth-order valence-electron chi connectivity index (χ4n) is 2.10. The van der Waals surface area contributed by atoms with E-state index in [1.807, 2.05) is 25.7 Å². The maximum atomic E-state index is 12.3. The molecular weight excluding hydrogens is 250 g/mol. The van der Waals surface area contributed by atoms with E-state index in [4.69, 9.17) is 17.3 Å². The van der Waals surface area contributed by atoms with Crippen molar-refractivity contribution in [2.75, 3.05) is 6.54 Å². The minimum Gasteiger partial charge on any atom is -0.481 e. The minimum atomic E-state index is -0.836. The SMILES string of the molecule is CCC(C)(C)C(=O)C(=S)N1CCC[C@H]1CC(=O)O. The first-order chi connectivity index (χ1) is 8.29. The molecule has 1 rings (SSSR count). The summed E-state index contributed by atoms with van der Waals surface area (Å²) in [5.74, 6) is -0.880. The lowest BCUT2D eigenvalue weighted by atomic mass is 9.85. The van der Waals surface area contributed by atoms with Crippen molar-refractivity contribution >= 4 is 29.0 Å². The Hall–Kier alpha value is -0.970. The van der Waals surface area contributed by atoms with E-state index in [1.54, 1.807) is 0 Å². The molecule has 0 unspecified atom stereocenters. The topological polar surface area (TPSA) is 57.6 Å². The van der Waals surface area contributed by atoms with E-state index in [0.717, 1.165) is 19.3 Å². The molecule has 5 heteroatoms. The molecule has 0 spiro atoms. The van der Waals surface area contributed by atoms with Crippen molar-refractivity contribution < 1.29 is 14.7 Å². The molecule has 0 radical (unpaired) electrons. The quantitative estimate of drug-likeness (QED) is 0.777. The van der Waals surface area contributed by atoms with Gasteiger partial charge in [-0.15, -0.1) is 0 Å². The van der Waals surface area contributed by atoms with Crippen LogP contribution in [0.15, 0.2) is 0 Å². The number of carboxylic acids is 1. The van der Waals surface area contributed by atoms with E-state index in [2.05, 4.69) is 0 Å². The Balaban J connectivity index is 2.77. The normalized spacial score (nSPS) is 19.9. The highest BCUT2D eigenvalue weighted by Gasteiger charge is 2.36. The minimum absolute atomic E-state index is 0.0442. The molecule has 0 aliphatic carbocycles. The molecule has 1 fully saturated rings. The van der Waals surface area contributed by atoms with Gasteiger partial charge in [-0.25, -0.2) is 0 Å². The van der Waals surface area contributed by atoms with E-state index in [-0.39, 0.29) is 18.2 Å². The second kappa shape index (κ2) is 5.78. The van der Waals surface area contributed by atoms with Crippen LogP contribution in [0.25, 0.3) is 0 Å². The third-order valence-corrected chi connectivity index (χ3v) is 4.16. The van der Waals surface area contributed by atoms with Crippen LogP contribution in [0.2, 0.25) is 0 Å². The van der Waals surface area contributed by atoms with E-state index in [9.17, 15) is 9.59 Å². The summed E-state index contributed by atoms with van der Waals surface area (Å²) < 4.78 is 0. The maximum Gasteiger partial charge on any atom is 0.305 e. The molecule has 1 saturated heterocycles. The fourth-order valence-corrected chi connectivity index (χ4v) is 2.61. The number of carbonyl (C=O) groups excluding carboxylic acids is 1. The highest BCUT2D eigenvalue weighted by Crippen LogP contribution is 2.27. The average molecular weight is 271 g/mol. The van der Waals surface area contributed by atoms with E-state index < -0.39 is 11.4 Å². The van der Waals surface area contributed by atoms with Crippen LogP contribution < -0.4 is 0 Å². The van der Waals surface area contributed by atoms with Crippen LogP contribution in [0.3, 0.4) is 0 Å². The van der Waals surface area contributed by atoms with E-state index >= 15 is 0 Å². The van der Waals surface area contributed by atoms with Crippen LogP contribution in [-0.2, 0) is 9.59 Å². The van der Waals surface area contributed by atoms with Crippen LogP contribution in [0.4, 0.5) is 0 Å². The van der Waals surface area contributed by atoms with Crippen molar-refractivity contribution in [2.24, 2.45) is 5.41 Å². The molecule has 1 aliphatic rings. The summed E-state index contributed by atoms with van der Waals surface area (Å²) in [6.07, 6.45) is 2.48. The van der Waals surface area contributed by atoms with Gasteiger partial charge in [-0.05, 0) is 19.3 Å². The van der Waals surface area contributed by atoms with Crippen molar-refractivity contribution in [2.45, 2.75) is 52.5 Å². The van der Waals surface area contributed by atoms with Crippen molar-refractivity contribution in [3.8, 4) is 0 Å². The standard InChI is InChI=1S/C13H21NO3S/c1-4-13(2,3)11(17)12(18)14-7-5-6-9(14)8-10(15)16/h9H,4-8H2,1-3H3,(H,15,16)/t9-/m0/s1. The number of ketones is 1. The monoisotopic (exact) mass is 271 g/mol. The lowest BCUT2D eigenvalue weighted by Crippen LogP contribution is -2.44. The average Bonchev–Trinajstić information content (AvgIpc) is 2.74. The van der Waals surface area contributed by atoms with Gasteiger partial charge in [-0.1, -0.05) is 33.0 Å². The van der Waals surface area contributed by atoms with Gasteiger partial charge in [-0.3, -0.25) is 9.59 Å². The predicted molar refractivity (Wildman–Crippen MR) is 73.7 cm³/mol. The first-order valence-corrected chi connectivity index (χ1v) is 6.77. The molecule has 0 aromatic carbocycles. The zero-order valence-electron chi connectivity index (χ0n) is 11.2. The van der Waals surface area contributed by atoms with Crippen LogP contribution in [0.5, 0.6) is 0 Å². The van der Waals surface area contributed by atoms with Crippen molar-refractivity contribution in [1.29, 1.82) is 0 Å². The third-order valence-electron chi connectivity index (χ3n) is 3.74. The van der Waals surface area contributed by atoms with Gasteiger partial charge in [0.05, 0.1) is 6.42 Å². The maximum absolute atomic E-state index is 12.3. The number of aliphatic carboxylic acids is 1. The summed E-state index contributed by atoms with van der Waals surface area (Å²) in [6, 6.07) is -0.119. The van der Waals surface area contributed by atoms with Gasteiger partial charge in [0.15, 0.2) is 5.78 Å². The molecule has 18 heavy (non-hydrogen) atoms. The third kappa shape index (κ3) is 3.28. The zero-order chi connectivity index (χ0) is 13.9. The summed E-state index contributed by atoms with van der Waals surface area (Å²) in [5, 5.41) is 8.86. The first kappa shape index (κ1) is 15.1. The van der Waals surface area contributed by atoms with Gasteiger partial charge in [0.1, 0.15) is 4.99 Å². The molecule has 4 nitrogen and oxygen atoms in total. The molecule has 0 aromatic rings. The van der Waals surface area contributed by atoms with Gasteiger partial charge in [-0.2, -0.15) is 0 Å². The molecule has 1 atom stereocenters. The molecule has 0 saturated carbocycles.